The number of hydroxylamine groups is 2. The molecule has 4 rings (SSSR count). The molecule has 186 valence electrons. The fraction of sp³-hybridized carbons (Fsp3) is 0.364. The van der Waals surface area contributed by atoms with Gasteiger partial charge in [-0.25, -0.2) is 24.1 Å². The number of rotatable bonds is 7. The molecule has 1 aliphatic heterocycles. The third kappa shape index (κ3) is 5.58. The number of urea groups is 1. The highest BCUT2D eigenvalue weighted by molar-refractivity contribution is 5.89. The van der Waals surface area contributed by atoms with Crippen LogP contribution in [0.5, 0.6) is 17.2 Å². The predicted octanol–water partition coefficient (Wildman–Crippen LogP) is 1.41. The Morgan fingerprint density at radius 3 is 2.49 bits per heavy atom. The van der Waals surface area contributed by atoms with Crippen LogP contribution in [-0.4, -0.2) is 67.6 Å². The van der Waals surface area contributed by atoms with Crippen molar-refractivity contribution in [2.45, 2.75) is 18.6 Å². The minimum absolute atomic E-state index is 0.137. The van der Waals surface area contributed by atoms with Crippen LogP contribution in [-0.2, 0) is 0 Å². The van der Waals surface area contributed by atoms with Crippen molar-refractivity contribution in [2.75, 3.05) is 45.1 Å². The maximum atomic E-state index is 14.0. The van der Waals surface area contributed by atoms with Gasteiger partial charge in [0.25, 0.3) is 0 Å². The molecule has 0 radical (unpaired) electrons. The summed E-state index contributed by atoms with van der Waals surface area (Å²) >= 11 is 0. The minimum Gasteiger partial charge on any atom is -0.634 e. The Morgan fingerprint density at radius 2 is 1.83 bits per heavy atom. The van der Waals surface area contributed by atoms with Crippen molar-refractivity contribution >= 4 is 34.5 Å². The largest absolute Gasteiger partial charge is 0.634 e. The number of hydrogen-bond acceptors (Lipinski definition) is 9. The van der Waals surface area contributed by atoms with E-state index in [4.69, 9.17) is 14.2 Å². The van der Waals surface area contributed by atoms with Crippen molar-refractivity contribution in [3.05, 3.63) is 35.7 Å². The number of halogens is 1. The smallest absolute Gasteiger partial charge is 0.320 e. The van der Waals surface area contributed by atoms with Gasteiger partial charge in [-0.15, -0.1) is 0 Å². The highest BCUT2D eigenvalue weighted by atomic mass is 19.1. The minimum atomic E-state index is -1.40. The van der Waals surface area contributed by atoms with E-state index < -0.39 is 18.2 Å². The number of carbonyl (C=O) groups is 1. The third-order valence-corrected chi connectivity index (χ3v) is 5.50. The van der Waals surface area contributed by atoms with Crippen LogP contribution in [0.3, 0.4) is 0 Å². The summed E-state index contributed by atoms with van der Waals surface area (Å²) in [6.07, 6.45) is 0.403. The van der Waals surface area contributed by atoms with E-state index in [0.717, 1.165) is 0 Å². The Balaban J connectivity index is 1.49. The van der Waals surface area contributed by atoms with Gasteiger partial charge < -0.3 is 35.1 Å². The van der Waals surface area contributed by atoms with Crippen molar-refractivity contribution in [1.82, 2.24) is 20.3 Å². The predicted molar refractivity (Wildman–Crippen MR) is 126 cm³/mol. The molecule has 2 aromatic heterocycles. The topological polar surface area (TPSA) is 147 Å². The fourth-order valence-corrected chi connectivity index (χ4v) is 3.77. The van der Waals surface area contributed by atoms with Crippen molar-refractivity contribution < 1.29 is 28.5 Å². The summed E-state index contributed by atoms with van der Waals surface area (Å²) in [7, 11) is 4.56. The molecule has 3 heterocycles. The number of aromatic nitrogens is 3. The summed E-state index contributed by atoms with van der Waals surface area (Å²) in [6.45, 7) is 0.0629. The molecule has 0 spiro atoms. The lowest BCUT2D eigenvalue weighted by molar-refractivity contribution is -0.856. The van der Waals surface area contributed by atoms with E-state index in [1.807, 2.05) is 0 Å². The average Bonchev–Trinajstić information content (AvgIpc) is 2.84. The van der Waals surface area contributed by atoms with Gasteiger partial charge in [0.1, 0.15) is 17.9 Å². The Kier molecular flexibility index (Phi) is 7.27. The lowest BCUT2D eigenvalue weighted by Gasteiger charge is -2.34. The van der Waals surface area contributed by atoms with Gasteiger partial charge in [-0.3, -0.25) is 5.32 Å². The summed E-state index contributed by atoms with van der Waals surface area (Å²) in [6, 6.07) is 5.34. The van der Waals surface area contributed by atoms with Crippen LogP contribution >= 0.6 is 0 Å². The Labute approximate surface area is 200 Å². The molecule has 0 aliphatic carbocycles. The Morgan fingerprint density at radius 1 is 1.11 bits per heavy atom. The van der Waals surface area contributed by atoms with E-state index in [1.165, 1.54) is 21.3 Å². The number of methoxy groups -OCH3 is 3. The molecule has 3 aromatic rings. The molecule has 1 aliphatic rings. The molecule has 0 saturated carbocycles. The van der Waals surface area contributed by atoms with Gasteiger partial charge >= 0.3 is 6.03 Å². The van der Waals surface area contributed by atoms with Crippen LogP contribution in [0.1, 0.15) is 6.42 Å². The van der Waals surface area contributed by atoms with E-state index in [1.54, 1.807) is 30.5 Å². The lowest BCUT2D eigenvalue weighted by atomic mass is 10.1. The number of anilines is 3. The highest BCUT2D eigenvalue weighted by Gasteiger charge is 2.30. The molecule has 35 heavy (non-hydrogen) atoms. The van der Waals surface area contributed by atoms with Crippen molar-refractivity contribution in [3.63, 3.8) is 0 Å². The first kappa shape index (κ1) is 24.2. The third-order valence-electron chi connectivity index (χ3n) is 5.50. The molecule has 12 nitrogen and oxygen atoms in total. The quantitative estimate of drug-likeness (QED) is 0.363. The fourth-order valence-electron chi connectivity index (χ4n) is 3.77. The monoisotopic (exact) mass is 487 g/mol. The Hall–Kier alpha value is -3.97. The first-order valence-corrected chi connectivity index (χ1v) is 10.8. The van der Waals surface area contributed by atoms with Crippen LogP contribution in [0, 0.1) is 5.21 Å². The van der Waals surface area contributed by atoms with Gasteiger partial charge in [0, 0.05) is 24.2 Å². The van der Waals surface area contributed by atoms with Gasteiger partial charge in [-0.05, 0) is 12.1 Å². The number of amides is 2. The molecule has 2 amide bonds. The van der Waals surface area contributed by atoms with Crippen molar-refractivity contribution in [1.29, 1.82) is 0 Å². The van der Waals surface area contributed by atoms with Gasteiger partial charge in [0.2, 0.25) is 5.75 Å². The van der Waals surface area contributed by atoms with E-state index in [-0.39, 0.29) is 36.0 Å². The zero-order chi connectivity index (χ0) is 24.9. The molecule has 3 unspecified atom stereocenters. The van der Waals surface area contributed by atoms with Crippen LogP contribution < -0.4 is 35.2 Å². The summed E-state index contributed by atoms with van der Waals surface area (Å²) in [5.41, 5.74) is 1.42. The zero-order valence-corrected chi connectivity index (χ0v) is 19.4. The van der Waals surface area contributed by atoms with Crippen LogP contribution in [0.25, 0.3) is 11.2 Å². The standard InChI is InChI=1S/C22H26FN7O5/c1-33-16-8-12(9-17(34-2)20(16)35-3)25-19-10-24-15-4-5-18(27-21(15)28-19)29-22(31)26-14-6-7-30(32)11-13(14)23/h4-5,8-10,13-14,30H,6-7,11H2,1-3H3,(H3,25,26,27,28,29,31). The number of fused-ring (bicyclic) bond motifs is 1. The second kappa shape index (κ2) is 10.5. The number of alkyl halides is 1. The SMILES string of the molecule is COc1cc(Nc2cnc3ccc(NC(=O)NC4CC[NH+]([O-])CC4F)nc3n2)cc(OC)c1OC. The van der Waals surface area contributed by atoms with E-state index in [9.17, 15) is 14.4 Å². The molecule has 4 N–H and O–H groups in total. The number of benzene rings is 1. The summed E-state index contributed by atoms with van der Waals surface area (Å²) in [5.74, 6) is 2.01. The molecular formula is C22H26FN7O5. The van der Waals surface area contributed by atoms with E-state index >= 15 is 0 Å². The number of carbonyl (C=O) groups excluding carboxylic acids is 1. The highest BCUT2D eigenvalue weighted by Crippen LogP contribution is 2.40. The number of nitrogens with zero attached hydrogens (tertiary/aromatic N) is 3. The van der Waals surface area contributed by atoms with Crippen LogP contribution in [0.2, 0.25) is 0 Å². The molecule has 1 saturated heterocycles. The van der Waals surface area contributed by atoms with Crippen LogP contribution in [0.4, 0.5) is 26.5 Å². The van der Waals surface area contributed by atoms with Gasteiger partial charge in [-0.1, -0.05) is 0 Å². The maximum Gasteiger partial charge on any atom is 0.320 e. The van der Waals surface area contributed by atoms with Gasteiger partial charge in [0.05, 0.1) is 40.1 Å². The molecule has 1 fully saturated rings. The number of nitrogens with one attached hydrogen (secondary N) is 4. The summed E-state index contributed by atoms with van der Waals surface area (Å²) < 4.78 is 30.1. The van der Waals surface area contributed by atoms with Crippen molar-refractivity contribution in [2.24, 2.45) is 0 Å². The molecular weight excluding hydrogens is 461 g/mol. The number of piperidine rings is 1. The van der Waals surface area contributed by atoms with E-state index in [2.05, 4.69) is 30.9 Å². The van der Waals surface area contributed by atoms with E-state index in [0.29, 0.717) is 34.3 Å². The number of pyridine rings is 1. The normalized spacial score (nSPS) is 19.6. The first-order valence-electron chi connectivity index (χ1n) is 10.8. The Bertz CT molecular complexity index is 1190. The molecule has 13 heteroatoms. The summed E-state index contributed by atoms with van der Waals surface area (Å²) in [5, 5.41) is 19.5. The molecule has 1 aromatic carbocycles. The van der Waals surface area contributed by atoms with Gasteiger partial charge in [-0.2, -0.15) is 0 Å². The van der Waals surface area contributed by atoms with Crippen LogP contribution in [0.15, 0.2) is 30.5 Å². The molecule has 0 bridgehead atoms. The lowest BCUT2D eigenvalue weighted by Crippen LogP contribution is -3.10. The first-order chi connectivity index (χ1) is 16.9. The number of quaternary nitrogens is 1. The van der Waals surface area contributed by atoms with Crippen molar-refractivity contribution in [3.8, 4) is 17.2 Å². The second-order valence-corrected chi connectivity index (χ2v) is 7.84. The second-order valence-electron chi connectivity index (χ2n) is 7.84. The molecule has 3 atom stereocenters. The zero-order valence-electron chi connectivity index (χ0n) is 19.4. The average molecular weight is 487 g/mol. The number of ether oxygens (including phenoxy) is 3. The summed E-state index contributed by atoms with van der Waals surface area (Å²) in [4.78, 5) is 25.5. The number of hydrogen-bond donors (Lipinski definition) is 4. The van der Waals surface area contributed by atoms with Gasteiger partial charge in [0.15, 0.2) is 29.1 Å². The maximum absolute atomic E-state index is 14.0.